The highest BCUT2D eigenvalue weighted by atomic mass is 16.5. The average molecular weight is 536 g/mol. The number of carbonyl (C=O) groups is 1. The van der Waals surface area contributed by atoms with Crippen molar-refractivity contribution in [3.63, 3.8) is 0 Å². The van der Waals surface area contributed by atoms with E-state index in [1.54, 1.807) is 19.2 Å². The fourth-order valence-electron chi connectivity index (χ4n) is 4.80. The van der Waals surface area contributed by atoms with Crippen LogP contribution in [0.2, 0.25) is 0 Å². The average Bonchev–Trinajstić information content (AvgIpc) is 3.77. The topological polar surface area (TPSA) is 107 Å². The van der Waals surface area contributed by atoms with Crippen molar-refractivity contribution in [3.05, 3.63) is 93.5 Å². The number of nitrogens with one attached hydrogen (secondary N) is 1. The maximum atomic E-state index is 13.3. The zero-order valence-corrected chi connectivity index (χ0v) is 22.6. The van der Waals surface area contributed by atoms with Gasteiger partial charge in [0.2, 0.25) is 0 Å². The van der Waals surface area contributed by atoms with Crippen LogP contribution in [0, 0.1) is 5.92 Å². The number of methoxy groups -OCH3 is 1. The monoisotopic (exact) mass is 535 g/mol. The van der Waals surface area contributed by atoms with Crippen molar-refractivity contribution in [1.82, 2.24) is 0 Å². The number of aromatic hydroxyl groups is 1. The molecule has 8 heteroatoms. The maximum Gasteiger partial charge on any atom is 0.411 e. The lowest BCUT2D eigenvalue weighted by molar-refractivity contribution is 0.0659. The standard InChI is InChI=1S/C31H37NO7/c1-3-22(14-15-37-17-16-36-2)27-19-26(33)29(30(34)39-27)28(23-12-13-23)24-10-7-11-25(18-24)32-31(35)38-20-21-8-5-4-6-9-21/h4-11,18-19,22-23,28,33H,3,12-17,20H2,1-2H3,(H,32,35). The van der Waals surface area contributed by atoms with Crippen LogP contribution in [0.25, 0.3) is 0 Å². The molecular weight excluding hydrogens is 498 g/mol. The van der Waals surface area contributed by atoms with E-state index in [1.165, 1.54) is 0 Å². The maximum absolute atomic E-state index is 13.3. The number of hydrogen-bond donors (Lipinski definition) is 2. The third kappa shape index (κ3) is 7.94. The van der Waals surface area contributed by atoms with Gasteiger partial charge >= 0.3 is 11.7 Å². The van der Waals surface area contributed by atoms with Crippen LogP contribution in [0.15, 0.2) is 69.9 Å². The van der Waals surface area contributed by atoms with E-state index in [0.717, 1.165) is 30.4 Å². The largest absolute Gasteiger partial charge is 0.507 e. The molecule has 0 spiro atoms. The molecule has 0 saturated heterocycles. The smallest absolute Gasteiger partial charge is 0.411 e. The third-order valence-corrected chi connectivity index (χ3v) is 7.03. The quantitative estimate of drug-likeness (QED) is 0.237. The first-order chi connectivity index (χ1) is 19.0. The van der Waals surface area contributed by atoms with E-state index in [-0.39, 0.29) is 35.7 Å². The Bertz CT molecular complexity index is 1270. The van der Waals surface area contributed by atoms with Crippen LogP contribution in [0.4, 0.5) is 10.5 Å². The molecule has 2 atom stereocenters. The number of rotatable bonds is 14. The molecule has 0 aliphatic heterocycles. The summed E-state index contributed by atoms with van der Waals surface area (Å²) in [6.07, 6.45) is 2.73. The molecule has 1 aliphatic carbocycles. The number of carbonyl (C=O) groups excluding carboxylic acids is 1. The molecule has 4 rings (SSSR count). The molecule has 8 nitrogen and oxygen atoms in total. The van der Waals surface area contributed by atoms with Gasteiger partial charge in [0.05, 0.1) is 18.8 Å². The summed E-state index contributed by atoms with van der Waals surface area (Å²) in [6.45, 7) is 3.71. The van der Waals surface area contributed by atoms with Crippen molar-refractivity contribution in [1.29, 1.82) is 0 Å². The van der Waals surface area contributed by atoms with Crippen LogP contribution in [-0.2, 0) is 20.8 Å². The van der Waals surface area contributed by atoms with E-state index in [1.807, 2.05) is 55.5 Å². The highest BCUT2D eigenvalue weighted by Crippen LogP contribution is 2.48. The van der Waals surface area contributed by atoms with E-state index in [2.05, 4.69) is 5.32 Å². The number of hydrogen-bond acceptors (Lipinski definition) is 7. The second-order valence-corrected chi connectivity index (χ2v) is 9.86. The van der Waals surface area contributed by atoms with E-state index in [0.29, 0.717) is 37.7 Å². The van der Waals surface area contributed by atoms with Crippen molar-refractivity contribution in [2.75, 3.05) is 32.2 Å². The molecule has 1 fully saturated rings. The molecule has 2 N–H and O–H groups in total. The summed E-state index contributed by atoms with van der Waals surface area (Å²) in [4.78, 5) is 25.7. The van der Waals surface area contributed by atoms with Crippen molar-refractivity contribution in [2.45, 2.75) is 51.0 Å². The Balaban J connectivity index is 1.48. The van der Waals surface area contributed by atoms with Gasteiger partial charge in [-0.15, -0.1) is 0 Å². The van der Waals surface area contributed by atoms with Gasteiger partial charge in [0.15, 0.2) is 0 Å². The van der Waals surface area contributed by atoms with E-state index < -0.39 is 11.7 Å². The highest BCUT2D eigenvalue weighted by molar-refractivity contribution is 5.84. The minimum atomic E-state index is -0.567. The zero-order valence-electron chi connectivity index (χ0n) is 22.6. The van der Waals surface area contributed by atoms with Crippen molar-refractivity contribution >= 4 is 11.8 Å². The van der Waals surface area contributed by atoms with Crippen LogP contribution in [0.3, 0.4) is 0 Å². The third-order valence-electron chi connectivity index (χ3n) is 7.03. The predicted molar refractivity (Wildman–Crippen MR) is 148 cm³/mol. The summed E-state index contributed by atoms with van der Waals surface area (Å²) in [5, 5.41) is 13.8. The van der Waals surface area contributed by atoms with E-state index in [4.69, 9.17) is 18.6 Å². The lowest BCUT2D eigenvalue weighted by Gasteiger charge is -2.20. The molecule has 3 aromatic rings. The zero-order chi connectivity index (χ0) is 27.6. The molecule has 0 bridgehead atoms. The van der Waals surface area contributed by atoms with Gasteiger partial charge in [0.1, 0.15) is 18.1 Å². The summed E-state index contributed by atoms with van der Waals surface area (Å²) in [5.74, 6) is 0.229. The van der Waals surface area contributed by atoms with Crippen LogP contribution in [0.5, 0.6) is 5.75 Å². The second kappa shape index (κ2) is 14.0. The van der Waals surface area contributed by atoms with E-state index in [9.17, 15) is 14.7 Å². The lowest BCUT2D eigenvalue weighted by atomic mass is 9.86. The molecule has 39 heavy (non-hydrogen) atoms. The minimum Gasteiger partial charge on any atom is -0.507 e. The number of ether oxygens (including phenoxy) is 3. The van der Waals surface area contributed by atoms with Crippen molar-refractivity contribution in [3.8, 4) is 5.75 Å². The fraction of sp³-hybridized carbons (Fsp3) is 0.419. The Morgan fingerprint density at radius 1 is 1.08 bits per heavy atom. The first kappa shape index (κ1) is 28.4. The van der Waals surface area contributed by atoms with Gasteiger partial charge in [0, 0.05) is 37.3 Å². The first-order valence-corrected chi connectivity index (χ1v) is 13.5. The van der Waals surface area contributed by atoms with Gasteiger partial charge in [-0.1, -0.05) is 49.4 Å². The molecule has 1 amide bonds. The SMILES string of the molecule is CCC(CCOCCOC)c1cc(O)c(C(c2cccc(NC(=O)OCc3ccccc3)c2)C2CC2)c(=O)o1. The van der Waals surface area contributed by atoms with Crippen molar-refractivity contribution < 1.29 is 28.5 Å². The van der Waals surface area contributed by atoms with Gasteiger partial charge < -0.3 is 23.7 Å². The summed E-state index contributed by atoms with van der Waals surface area (Å²) >= 11 is 0. The lowest BCUT2D eigenvalue weighted by Crippen LogP contribution is -2.18. The predicted octanol–water partition coefficient (Wildman–Crippen LogP) is 6.18. The number of anilines is 1. The summed E-state index contributed by atoms with van der Waals surface area (Å²) in [7, 11) is 1.63. The Morgan fingerprint density at radius 2 is 1.87 bits per heavy atom. The van der Waals surface area contributed by atoms with Crippen LogP contribution in [-0.4, -0.2) is 38.1 Å². The molecule has 1 aromatic heterocycles. The molecule has 1 aliphatic rings. The Hall–Kier alpha value is -3.62. The van der Waals surface area contributed by atoms with Gasteiger partial charge in [-0.3, -0.25) is 5.32 Å². The second-order valence-electron chi connectivity index (χ2n) is 9.86. The van der Waals surface area contributed by atoms with Gasteiger partial charge in [-0.25, -0.2) is 9.59 Å². The number of amides is 1. The molecule has 208 valence electrons. The Morgan fingerprint density at radius 3 is 2.56 bits per heavy atom. The molecule has 1 heterocycles. The minimum absolute atomic E-state index is 0.0472. The summed E-state index contributed by atoms with van der Waals surface area (Å²) in [6, 6.07) is 18.3. The van der Waals surface area contributed by atoms with E-state index >= 15 is 0 Å². The molecule has 1 saturated carbocycles. The van der Waals surface area contributed by atoms with Gasteiger partial charge in [-0.2, -0.15) is 0 Å². The first-order valence-electron chi connectivity index (χ1n) is 13.5. The summed E-state index contributed by atoms with van der Waals surface area (Å²) < 4.78 is 21.7. The van der Waals surface area contributed by atoms with Gasteiger partial charge in [0.25, 0.3) is 0 Å². The molecule has 2 aromatic carbocycles. The normalized spacial score (nSPS) is 14.5. The van der Waals surface area contributed by atoms with Gasteiger partial charge in [-0.05, 0) is 54.9 Å². The van der Waals surface area contributed by atoms with Crippen molar-refractivity contribution in [2.24, 2.45) is 5.92 Å². The Labute approximate surface area is 228 Å². The van der Waals surface area contributed by atoms with Crippen LogP contribution < -0.4 is 10.9 Å². The molecule has 2 unspecified atom stereocenters. The van der Waals surface area contributed by atoms with Crippen LogP contribution in [0.1, 0.15) is 66.9 Å². The highest BCUT2D eigenvalue weighted by Gasteiger charge is 2.37. The Kier molecular flexibility index (Phi) is 10.2. The fourth-order valence-corrected chi connectivity index (χ4v) is 4.80. The molecule has 0 radical (unpaired) electrons. The van der Waals surface area contributed by atoms with Crippen LogP contribution >= 0.6 is 0 Å². The summed E-state index contributed by atoms with van der Waals surface area (Å²) in [5.41, 5.74) is 2.01. The molecular formula is C31H37NO7. The number of benzene rings is 2.